The highest BCUT2D eigenvalue weighted by Gasteiger charge is 2.18. The fraction of sp³-hybridized carbons (Fsp3) is 0.296. The topological polar surface area (TPSA) is 77.8 Å². The van der Waals surface area contributed by atoms with Gasteiger partial charge in [0, 0.05) is 31.8 Å². The summed E-state index contributed by atoms with van der Waals surface area (Å²) in [4.78, 5) is 2.19. The number of methoxy groups -OCH3 is 1. The van der Waals surface area contributed by atoms with Crippen LogP contribution in [0.15, 0.2) is 72.8 Å². The molecule has 0 amide bonds. The summed E-state index contributed by atoms with van der Waals surface area (Å²) in [6, 6.07) is 25.4. The number of benzene rings is 3. The molecule has 0 bridgehead atoms. The minimum Gasteiger partial charge on any atom is -0.491 e. The van der Waals surface area contributed by atoms with E-state index >= 15 is 0 Å². The fourth-order valence-corrected chi connectivity index (χ4v) is 3.79. The number of aliphatic hydroxyl groups is 1. The molecule has 3 aromatic carbocycles. The van der Waals surface area contributed by atoms with Gasteiger partial charge in [-0.25, -0.2) is 0 Å². The van der Waals surface area contributed by atoms with Gasteiger partial charge in [0.2, 0.25) is 0 Å². The Morgan fingerprint density at radius 2 is 1.82 bits per heavy atom. The van der Waals surface area contributed by atoms with E-state index in [2.05, 4.69) is 28.4 Å². The van der Waals surface area contributed by atoms with Gasteiger partial charge in [-0.3, -0.25) is 4.90 Å². The molecule has 0 aliphatic rings. The molecule has 0 aliphatic carbocycles. The molecule has 0 saturated heterocycles. The molecule has 178 valence electrons. The van der Waals surface area contributed by atoms with E-state index in [4.69, 9.17) is 21.1 Å². The van der Waals surface area contributed by atoms with Crippen LogP contribution >= 0.6 is 11.6 Å². The lowest BCUT2D eigenvalue weighted by Crippen LogP contribution is -2.33. The van der Waals surface area contributed by atoms with Gasteiger partial charge in [-0.15, -0.1) is 0 Å². The summed E-state index contributed by atoms with van der Waals surface area (Å²) in [5, 5.41) is 23.6. The zero-order chi connectivity index (χ0) is 24.2. The SMILES string of the molecule is COCCOc1ccc(N[C@@H](CN(CCO)Cc2ccccc2)c2ccc(Cl)cc2)c(C#N)c1. The first kappa shape index (κ1) is 25.5. The normalized spacial score (nSPS) is 11.7. The summed E-state index contributed by atoms with van der Waals surface area (Å²) in [7, 11) is 1.62. The minimum absolute atomic E-state index is 0.0527. The molecule has 2 N–H and O–H groups in total. The second kappa shape index (κ2) is 13.6. The lowest BCUT2D eigenvalue weighted by Gasteiger charge is -2.29. The van der Waals surface area contributed by atoms with Crippen molar-refractivity contribution in [3.05, 3.63) is 94.5 Å². The molecule has 6 nitrogen and oxygen atoms in total. The van der Waals surface area contributed by atoms with Crippen LogP contribution in [0.3, 0.4) is 0 Å². The Bertz CT molecular complexity index is 1050. The fourth-order valence-electron chi connectivity index (χ4n) is 3.67. The lowest BCUT2D eigenvalue weighted by atomic mass is 10.0. The number of rotatable bonds is 13. The highest BCUT2D eigenvalue weighted by atomic mass is 35.5. The van der Waals surface area contributed by atoms with Crippen molar-refractivity contribution in [3.63, 3.8) is 0 Å². The maximum Gasteiger partial charge on any atom is 0.120 e. The Labute approximate surface area is 206 Å². The van der Waals surface area contributed by atoms with Gasteiger partial charge in [0.15, 0.2) is 0 Å². The first-order valence-corrected chi connectivity index (χ1v) is 11.6. The van der Waals surface area contributed by atoms with Crippen molar-refractivity contribution in [2.24, 2.45) is 0 Å². The maximum absolute atomic E-state index is 9.76. The van der Waals surface area contributed by atoms with E-state index < -0.39 is 0 Å². The quantitative estimate of drug-likeness (QED) is 0.340. The van der Waals surface area contributed by atoms with E-state index in [0.717, 1.165) is 5.56 Å². The molecule has 0 aliphatic heterocycles. The van der Waals surface area contributed by atoms with E-state index in [1.807, 2.05) is 54.6 Å². The molecular formula is C27H30ClN3O3. The highest BCUT2D eigenvalue weighted by molar-refractivity contribution is 6.30. The van der Waals surface area contributed by atoms with Gasteiger partial charge in [-0.05, 0) is 41.5 Å². The number of nitrogens with one attached hydrogen (secondary N) is 1. The van der Waals surface area contributed by atoms with E-state index in [0.29, 0.717) is 54.9 Å². The van der Waals surface area contributed by atoms with Gasteiger partial charge in [-0.2, -0.15) is 5.26 Å². The van der Waals surface area contributed by atoms with Crippen LogP contribution in [0, 0.1) is 11.3 Å². The molecule has 0 spiro atoms. The molecule has 0 saturated carbocycles. The van der Waals surface area contributed by atoms with Crippen LogP contribution in [-0.2, 0) is 11.3 Å². The smallest absolute Gasteiger partial charge is 0.120 e. The lowest BCUT2D eigenvalue weighted by molar-refractivity contribution is 0.146. The Morgan fingerprint density at radius 3 is 2.50 bits per heavy atom. The molecule has 0 heterocycles. The van der Waals surface area contributed by atoms with Crippen molar-refractivity contribution >= 4 is 17.3 Å². The minimum atomic E-state index is -0.139. The average molecular weight is 480 g/mol. The van der Waals surface area contributed by atoms with E-state index in [9.17, 15) is 10.4 Å². The van der Waals surface area contributed by atoms with E-state index in [-0.39, 0.29) is 12.6 Å². The van der Waals surface area contributed by atoms with Crippen LogP contribution in [0.2, 0.25) is 5.02 Å². The summed E-state index contributed by atoms with van der Waals surface area (Å²) in [5.74, 6) is 0.619. The number of nitrogens with zero attached hydrogens (tertiary/aromatic N) is 2. The summed E-state index contributed by atoms with van der Waals surface area (Å²) < 4.78 is 10.7. The van der Waals surface area contributed by atoms with Crippen molar-refractivity contribution in [1.82, 2.24) is 4.90 Å². The molecule has 3 rings (SSSR count). The van der Waals surface area contributed by atoms with Crippen molar-refractivity contribution in [3.8, 4) is 11.8 Å². The van der Waals surface area contributed by atoms with Gasteiger partial charge in [0.05, 0.1) is 30.5 Å². The second-order valence-corrected chi connectivity index (χ2v) is 8.29. The number of hydrogen-bond acceptors (Lipinski definition) is 6. The zero-order valence-corrected chi connectivity index (χ0v) is 20.0. The predicted octanol–water partition coefficient (Wildman–Crippen LogP) is 4.88. The van der Waals surface area contributed by atoms with Crippen molar-refractivity contribution in [2.45, 2.75) is 12.6 Å². The summed E-state index contributed by atoms with van der Waals surface area (Å²) >= 11 is 6.13. The molecule has 0 aromatic heterocycles. The number of ether oxygens (including phenoxy) is 2. The number of aliphatic hydroxyl groups excluding tert-OH is 1. The van der Waals surface area contributed by atoms with Gasteiger partial charge < -0.3 is 19.9 Å². The van der Waals surface area contributed by atoms with Crippen molar-refractivity contribution in [2.75, 3.05) is 45.3 Å². The van der Waals surface area contributed by atoms with Crippen LogP contribution < -0.4 is 10.1 Å². The van der Waals surface area contributed by atoms with Crippen LogP contribution in [-0.4, -0.2) is 50.0 Å². The highest BCUT2D eigenvalue weighted by Crippen LogP contribution is 2.28. The molecule has 1 atom stereocenters. The number of hydrogen-bond donors (Lipinski definition) is 2. The van der Waals surface area contributed by atoms with Crippen LogP contribution in [0.1, 0.15) is 22.7 Å². The third kappa shape index (κ3) is 7.75. The molecule has 34 heavy (non-hydrogen) atoms. The summed E-state index contributed by atoms with van der Waals surface area (Å²) in [5.41, 5.74) is 3.40. The third-order valence-corrected chi connectivity index (χ3v) is 5.63. The van der Waals surface area contributed by atoms with Crippen LogP contribution in [0.5, 0.6) is 5.75 Å². The molecule has 3 aromatic rings. The molecule has 0 unspecified atom stereocenters. The first-order valence-electron chi connectivity index (χ1n) is 11.2. The first-order chi connectivity index (χ1) is 16.6. The number of halogens is 1. The second-order valence-electron chi connectivity index (χ2n) is 7.85. The summed E-state index contributed by atoms with van der Waals surface area (Å²) in [6.45, 7) is 2.79. The van der Waals surface area contributed by atoms with Gasteiger partial charge >= 0.3 is 0 Å². The Hall–Kier alpha value is -3.08. The number of anilines is 1. The predicted molar refractivity (Wildman–Crippen MR) is 135 cm³/mol. The van der Waals surface area contributed by atoms with Crippen LogP contribution in [0.4, 0.5) is 5.69 Å². The van der Waals surface area contributed by atoms with Crippen molar-refractivity contribution in [1.29, 1.82) is 5.26 Å². The van der Waals surface area contributed by atoms with E-state index in [1.54, 1.807) is 13.2 Å². The molecule has 0 radical (unpaired) electrons. The van der Waals surface area contributed by atoms with E-state index in [1.165, 1.54) is 5.56 Å². The van der Waals surface area contributed by atoms with Gasteiger partial charge in [0.25, 0.3) is 0 Å². The van der Waals surface area contributed by atoms with Gasteiger partial charge in [-0.1, -0.05) is 54.1 Å². The maximum atomic E-state index is 9.76. The van der Waals surface area contributed by atoms with Crippen LogP contribution in [0.25, 0.3) is 0 Å². The largest absolute Gasteiger partial charge is 0.491 e. The molecule has 0 fully saturated rings. The number of nitriles is 1. The Kier molecular flexibility index (Phi) is 10.2. The third-order valence-electron chi connectivity index (χ3n) is 5.38. The standard InChI is InChI=1S/C27H30ClN3O3/c1-33-15-16-34-25-11-12-26(23(17-25)18-29)30-27(22-7-9-24(28)10-8-22)20-31(13-14-32)19-21-5-3-2-4-6-21/h2-12,17,27,30,32H,13-16,19-20H2,1H3/t27-/m0/s1. The monoisotopic (exact) mass is 479 g/mol. The van der Waals surface area contributed by atoms with Gasteiger partial charge in [0.1, 0.15) is 18.4 Å². The van der Waals surface area contributed by atoms with Crippen molar-refractivity contribution < 1.29 is 14.6 Å². The molecular weight excluding hydrogens is 450 g/mol. The Balaban J connectivity index is 1.84. The summed E-state index contributed by atoms with van der Waals surface area (Å²) in [6.07, 6.45) is 0. The molecule has 7 heteroatoms. The Morgan fingerprint density at radius 1 is 1.06 bits per heavy atom. The zero-order valence-electron chi connectivity index (χ0n) is 19.3. The average Bonchev–Trinajstić information content (AvgIpc) is 2.85.